The molecule has 2 heterocycles. The Labute approximate surface area is 190 Å². The van der Waals surface area contributed by atoms with E-state index >= 15 is 0 Å². The lowest BCUT2D eigenvalue weighted by Gasteiger charge is -2.16. The summed E-state index contributed by atoms with van der Waals surface area (Å²) in [6.07, 6.45) is 4.78. The number of ether oxygens (including phenoxy) is 2. The zero-order chi connectivity index (χ0) is 22.7. The number of carbonyl (C=O) groups excluding carboxylic acids is 2. The number of carbonyl (C=O) groups is 2. The van der Waals surface area contributed by atoms with Gasteiger partial charge in [-0.2, -0.15) is 0 Å². The molecule has 1 aliphatic rings. The Balaban J connectivity index is 1.54. The van der Waals surface area contributed by atoms with E-state index in [0.29, 0.717) is 22.7 Å². The van der Waals surface area contributed by atoms with Crippen molar-refractivity contribution in [3.05, 3.63) is 71.9 Å². The molecule has 3 aromatic rings. The molecule has 0 bridgehead atoms. The number of nitrogens with zero attached hydrogens (tertiary/aromatic N) is 2. The van der Waals surface area contributed by atoms with Crippen LogP contribution in [0.25, 0.3) is 6.08 Å². The first-order valence-electron chi connectivity index (χ1n) is 9.76. The van der Waals surface area contributed by atoms with Crippen molar-refractivity contribution in [2.45, 2.75) is 9.92 Å². The summed E-state index contributed by atoms with van der Waals surface area (Å²) < 4.78 is 10.5. The standard InChI is InChI=1S/C24H21N3O4S/c1-27-19-5-4-12-25-23(19)32-21-10-8-16(13-18(21)24(27)29)26-22(28)11-7-15-6-9-17(30-2)14-20(15)31-3/h4-14H,1-3H3,(H,26,28)/b11-7+. The number of amides is 2. The quantitative estimate of drug-likeness (QED) is 0.581. The van der Waals surface area contributed by atoms with Gasteiger partial charge in [0.15, 0.2) is 0 Å². The van der Waals surface area contributed by atoms with Crippen LogP contribution in [0, 0.1) is 0 Å². The van der Waals surface area contributed by atoms with Crippen molar-refractivity contribution in [2.24, 2.45) is 0 Å². The number of benzene rings is 2. The van der Waals surface area contributed by atoms with Crippen molar-refractivity contribution < 1.29 is 19.1 Å². The molecule has 0 radical (unpaired) electrons. The lowest BCUT2D eigenvalue weighted by atomic mass is 10.1. The monoisotopic (exact) mass is 447 g/mol. The molecule has 7 nitrogen and oxygen atoms in total. The molecule has 0 fully saturated rings. The van der Waals surface area contributed by atoms with Crippen molar-refractivity contribution >= 4 is 41.0 Å². The van der Waals surface area contributed by atoms with Gasteiger partial charge in [-0.05, 0) is 48.5 Å². The molecular weight excluding hydrogens is 426 g/mol. The molecule has 0 saturated heterocycles. The molecule has 1 N–H and O–H groups in total. The zero-order valence-electron chi connectivity index (χ0n) is 17.8. The smallest absolute Gasteiger partial charge is 0.259 e. The highest BCUT2D eigenvalue weighted by Gasteiger charge is 2.25. The van der Waals surface area contributed by atoms with Crippen LogP contribution in [0.1, 0.15) is 15.9 Å². The molecule has 2 aromatic carbocycles. The number of hydrogen-bond donors (Lipinski definition) is 1. The van der Waals surface area contributed by atoms with Crippen LogP contribution in [0.4, 0.5) is 11.4 Å². The van der Waals surface area contributed by atoms with Gasteiger partial charge in [0.25, 0.3) is 5.91 Å². The van der Waals surface area contributed by atoms with E-state index in [1.165, 1.54) is 17.8 Å². The van der Waals surface area contributed by atoms with Gasteiger partial charge in [-0.1, -0.05) is 11.8 Å². The Kier molecular flexibility index (Phi) is 6.13. The molecule has 162 valence electrons. The zero-order valence-corrected chi connectivity index (χ0v) is 18.6. The summed E-state index contributed by atoms with van der Waals surface area (Å²) in [6.45, 7) is 0. The van der Waals surface area contributed by atoms with Gasteiger partial charge in [-0.3, -0.25) is 9.59 Å². The van der Waals surface area contributed by atoms with Crippen molar-refractivity contribution in [2.75, 3.05) is 31.5 Å². The van der Waals surface area contributed by atoms with E-state index in [-0.39, 0.29) is 11.8 Å². The Morgan fingerprint density at radius 2 is 1.97 bits per heavy atom. The third kappa shape index (κ3) is 4.31. The van der Waals surface area contributed by atoms with E-state index < -0.39 is 0 Å². The first-order valence-corrected chi connectivity index (χ1v) is 10.6. The van der Waals surface area contributed by atoms with E-state index in [1.54, 1.807) is 74.8 Å². The average molecular weight is 448 g/mol. The van der Waals surface area contributed by atoms with E-state index in [2.05, 4.69) is 10.3 Å². The molecule has 0 saturated carbocycles. The largest absolute Gasteiger partial charge is 0.497 e. The number of nitrogens with one attached hydrogen (secondary N) is 1. The molecule has 1 aliphatic heterocycles. The Bertz CT molecular complexity index is 1230. The first kappa shape index (κ1) is 21.5. The molecule has 0 aliphatic carbocycles. The molecule has 1 aromatic heterocycles. The second-order valence-corrected chi connectivity index (χ2v) is 7.97. The van der Waals surface area contributed by atoms with Crippen LogP contribution in [0.15, 0.2) is 70.7 Å². The van der Waals surface area contributed by atoms with Crippen molar-refractivity contribution in [1.82, 2.24) is 4.98 Å². The highest BCUT2D eigenvalue weighted by atomic mass is 32.2. The molecule has 8 heteroatoms. The minimum absolute atomic E-state index is 0.158. The molecule has 4 rings (SSSR count). The lowest BCUT2D eigenvalue weighted by molar-refractivity contribution is -0.111. The molecule has 2 amide bonds. The van der Waals surface area contributed by atoms with Gasteiger partial charge in [0.1, 0.15) is 16.5 Å². The number of methoxy groups -OCH3 is 2. The summed E-state index contributed by atoms with van der Waals surface area (Å²) in [5.74, 6) is 0.777. The van der Waals surface area contributed by atoms with Gasteiger partial charge in [0, 0.05) is 41.5 Å². The van der Waals surface area contributed by atoms with Gasteiger partial charge in [-0.25, -0.2) is 4.98 Å². The maximum atomic E-state index is 13.0. The summed E-state index contributed by atoms with van der Waals surface area (Å²) in [5.41, 5.74) is 2.53. The molecular formula is C24H21N3O4S. The van der Waals surface area contributed by atoms with Gasteiger partial charge in [-0.15, -0.1) is 0 Å². The SMILES string of the molecule is COc1ccc(/C=C/C(=O)Nc2ccc3c(c2)C(=O)N(C)c2cccnc2S3)c(OC)c1. The number of rotatable bonds is 5. The molecule has 0 unspecified atom stereocenters. The van der Waals surface area contributed by atoms with Crippen LogP contribution in [-0.2, 0) is 4.79 Å². The van der Waals surface area contributed by atoms with Crippen molar-refractivity contribution in [1.29, 1.82) is 0 Å². The summed E-state index contributed by atoms with van der Waals surface area (Å²) in [6, 6.07) is 14.3. The van der Waals surface area contributed by atoms with Crippen LogP contribution in [0.5, 0.6) is 11.5 Å². The van der Waals surface area contributed by atoms with E-state index in [9.17, 15) is 9.59 Å². The highest BCUT2D eigenvalue weighted by molar-refractivity contribution is 7.99. The van der Waals surface area contributed by atoms with Crippen molar-refractivity contribution in [3.63, 3.8) is 0 Å². The molecule has 0 spiro atoms. The third-order valence-corrected chi connectivity index (χ3v) is 6.04. The Morgan fingerprint density at radius 1 is 1.12 bits per heavy atom. The number of anilines is 2. The Hall–Kier alpha value is -3.78. The average Bonchev–Trinajstić information content (AvgIpc) is 2.92. The third-order valence-electron chi connectivity index (χ3n) is 4.96. The summed E-state index contributed by atoms with van der Waals surface area (Å²) >= 11 is 1.43. The van der Waals surface area contributed by atoms with Gasteiger partial charge in [0.05, 0.1) is 25.5 Å². The van der Waals surface area contributed by atoms with Gasteiger partial charge < -0.3 is 19.7 Å². The number of fused-ring (bicyclic) bond motifs is 2. The van der Waals surface area contributed by atoms with E-state index in [4.69, 9.17) is 9.47 Å². The second-order valence-electron chi connectivity index (χ2n) is 6.94. The Morgan fingerprint density at radius 3 is 2.75 bits per heavy atom. The molecule has 0 atom stereocenters. The normalized spacial score (nSPS) is 12.7. The number of pyridine rings is 1. The fraction of sp³-hybridized carbons (Fsp3) is 0.125. The fourth-order valence-corrected chi connectivity index (χ4v) is 4.30. The maximum absolute atomic E-state index is 13.0. The maximum Gasteiger partial charge on any atom is 0.259 e. The van der Waals surface area contributed by atoms with Crippen molar-refractivity contribution in [3.8, 4) is 11.5 Å². The number of hydrogen-bond acceptors (Lipinski definition) is 6. The summed E-state index contributed by atoms with van der Waals surface area (Å²) in [5, 5.41) is 3.57. The van der Waals surface area contributed by atoms with E-state index in [1.807, 2.05) is 12.1 Å². The van der Waals surface area contributed by atoms with Crippen LogP contribution in [-0.4, -0.2) is 38.1 Å². The van der Waals surface area contributed by atoms with Crippen LogP contribution in [0.3, 0.4) is 0 Å². The lowest BCUT2D eigenvalue weighted by Crippen LogP contribution is -2.26. The predicted molar refractivity (Wildman–Crippen MR) is 125 cm³/mol. The topological polar surface area (TPSA) is 80.8 Å². The van der Waals surface area contributed by atoms with Crippen LogP contribution in [0.2, 0.25) is 0 Å². The minimum atomic E-state index is -0.324. The predicted octanol–water partition coefficient (Wildman–Crippen LogP) is 4.49. The summed E-state index contributed by atoms with van der Waals surface area (Å²) in [4.78, 5) is 32.2. The van der Waals surface area contributed by atoms with E-state index in [0.717, 1.165) is 21.2 Å². The molecule has 32 heavy (non-hydrogen) atoms. The first-order chi connectivity index (χ1) is 15.5. The fourth-order valence-electron chi connectivity index (χ4n) is 3.28. The van der Waals surface area contributed by atoms with Gasteiger partial charge in [0.2, 0.25) is 5.91 Å². The highest BCUT2D eigenvalue weighted by Crippen LogP contribution is 2.40. The second kappa shape index (κ2) is 9.15. The number of aromatic nitrogens is 1. The van der Waals surface area contributed by atoms with Crippen LogP contribution < -0.4 is 19.7 Å². The minimum Gasteiger partial charge on any atom is -0.497 e. The van der Waals surface area contributed by atoms with Gasteiger partial charge >= 0.3 is 0 Å². The van der Waals surface area contributed by atoms with Crippen LogP contribution >= 0.6 is 11.8 Å². The summed E-state index contributed by atoms with van der Waals surface area (Å²) in [7, 11) is 4.85.